The molecule has 51 heavy (non-hydrogen) atoms. The van der Waals surface area contributed by atoms with Gasteiger partial charge in [0.25, 0.3) is 5.91 Å². The predicted molar refractivity (Wildman–Crippen MR) is 188 cm³/mol. The van der Waals surface area contributed by atoms with Gasteiger partial charge in [0.05, 0.1) is 22.3 Å². The van der Waals surface area contributed by atoms with Crippen LogP contribution in [0.2, 0.25) is 5.02 Å². The second-order valence-corrected chi connectivity index (χ2v) is 14.3. The van der Waals surface area contributed by atoms with Crippen LogP contribution in [0.3, 0.4) is 0 Å². The van der Waals surface area contributed by atoms with E-state index in [1.807, 2.05) is 30.3 Å². The van der Waals surface area contributed by atoms with Gasteiger partial charge in [-0.25, -0.2) is 14.3 Å². The summed E-state index contributed by atoms with van der Waals surface area (Å²) in [4.78, 5) is 48.7. The van der Waals surface area contributed by atoms with Gasteiger partial charge in [0.1, 0.15) is 0 Å². The van der Waals surface area contributed by atoms with Crippen molar-refractivity contribution in [1.82, 2.24) is 29.5 Å². The second-order valence-electron chi connectivity index (χ2n) is 13.9. The maximum absolute atomic E-state index is 14.0. The average molecular weight is 732 g/mol. The van der Waals surface area contributed by atoms with Crippen molar-refractivity contribution in [2.75, 3.05) is 58.7 Å². The maximum atomic E-state index is 14.0. The molecule has 0 saturated carbocycles. The fraction of sp³-hybridized carbons (Fsp3) is 0.556. The van der Waals surface area contributed by atoms with E-state index >= 15 is 0 Å². The highest BCUT2D eigenvalue weighted by Crippen LogP contribution is 2.40. The summed E-state index contributed by atoms with van der Waals surface area (Å²) < 4.78 is 49.3. The summed E-state index contributed by atoms with van der Waals surface area (Å²) in [5, 5.41) is 6.86. The third-order valence-corrected chi connectivity index (χ3v) is 11.0. The highest BCUT2D eigenvalue weighted by atomic mass is 35.5. The molecule has 276 valence electrons. The normalized spacial score (nSPS) is 19.3. The van der Waals surface area contributed by atoms with Crippen molar-refractivity contribution in [2.24, 2.45) is 11.8 Å². The molecule has 3 aliphatic heterocycles. The van der Waals surface area contributed by atoms with Gasteiger partial charge in [0.2, 0.25) is 0 Å². The molecular weight excluding hydrogens is 687 g/mol. The Balaban J connectivity index is 1.15. The second kappa shape index (κ2) is 15.7. The van der Waals surface area contributed by atoms with E-state index in [0.717, 1.165) is 50.4 Å². The number of nitrogens with one attached hydrogen (secondary N) is 2. The Labute approximate surface area is 300 Å². The van der Waals surface area contributed by atoms with Crippen molar-refractivity contribution in [3.8, 4) is 11.4 Å². The Kier molecular flexibility index (Phi) is 11.3. The fourth-order valence-electron chi connectivity index (χ4n) is 7.75. The summed E-state index contributed by atoms with van der Waals surface area (Å²) >= 11 is 6.28. The molecule has 3 aliphatic rings. The first-order chi connectivity index (χ1) is 24.4. The third kappa shape index (κ3) is 8.54. The van der Waals surface area contributed by atoms with Gasteiger partial charge in [-0.2, -0.15) is 13.2 Å². The van der Waals surface area contributed by atoms with Crippen LogP contribution in [0.4, 0.5) is 23.7 Å². The Hall–Kier alpha value is -4.04. The van der Waals surface area contributed by atoms with Gasteiger partial charge < -0.3 is 24.8 Å². The number of hydrogen-bond donors (Lipinski definition) is 2. The number of aromatic nitrogens is 3. The van der Waals surface area contributed by atoms with Gasteiger partial charge in [-0.1, -0.05) is 41.9 Å². The molecule has 1 aromatic heterocycles. The zero-order chi connectivity index (χ0) is 36.3. The van der Waals surface area contributed by atoms with Crippen LogP contribution in [0.25, 0.3) is 11.4 Å². The van der Waals surface area contributed by atoms with Crippen LogP contribution in [0.5, 0.6) is 0 Å². The number of alkyl halides is 3. The molecule has 3 fully saturated rings. The van der Waals surface area contributed by atoms with Crippen molar-refractivity contribution in [3.63, 3.8) is 0 Å². The number of ether oxygens (including phenoxy) is 1. The molecule has 11 nitrogen and oxygen atoms in total. The molecule has 1 atom stereocenters. The third-order valence-electron chi connectivity index (χ3n) is 10.7. The first-order valence-corrected chi connectivity index (χ1v) is 18.0. The zero-order valence-corrected chi connectivity index (χ0v) is 29.7. The van der Waals surface area contributed by atoms with E-state index < -0.39 is 29.8 Å². The molecule has 2 aromatic carbocycles. The molecule has 4 heterocycles. The number of H-pyrrole nitrogens is 1. The average Bonchev–Trinajstić information content (AvgIpc) is 3.52. The molecule has 0 spiro atoms. The minimum Gasteiger partial charge on any atom is -0.436 e. The zero-order valence-electron chi connectivity index (χ0n) is 28.9. The monoisotopic (exact) mass is 731 g/mol. The van der Waals surface area contributed by atoms with Gasteiger partial charge in [-0.05, 0) is 88.2 Å². The number of piperidine rings is 3. The van der Waals surface area contributed by atoms with Crippen molar-refractivity contribution in [2.45, 2.75) is 63.3 Å². The van der Waals surface area contributed by atoms with E-state index in [2.05, 4.69) is 27.3 Å². The van der Waals surface area contributed by atoms with E-state index in [9.17, 15) is 27.6 Å². The summed E-state index contributed by atoms with van der Waals surface area (Å²) in [6.45, 7) is 3.58. The van der Waals surface area contributed by atoms with Gasteiger partial charge in [-0.15, -0.1) is 5.10 Å². The summed E-state index contributed by atoms with van der Waals surface area (Å²) in [5.74, 6) is 1.12. The lowest BCUT2D eigenvalue weighted by Gasteiger charge is -2.40. The number of rotatable bonds is 8. The number of aromatic amines is 1. The summed E-state index contributed by atoms with van der Waals surface area (Å²) in [6, 6.07) is 11.4. The van der Waals surface area contributed by atoms with Gasteiger partial charge >= 0.3 is 18.0 Å². The van der Waals surface area contributed by atoms with Crippen molar-refractivity contribution < 1.29 is 27.5 Å². The largest absolute Gasteiger partial charge is 0.436 e. The molecule has 2 amide bonds. The lowest BCUT2D eigenvalue weighted by molar-refractivity contribution is -0.142. The predicted octanol–water partition coefficient (Wildman–Crippen LogP) is 5.92. The Morgan fingerprint density at radius 3 is 2.18 bits per heavy atom. The first kappa shape index (κ1) is 36.7. The van der Waals surface area contributed by atoms with Crippen LogP contribution in [0.1, 0.15) is 55.7 Å². The van der Waals surface area contributed by atoms with Gasteiger partial charge in [0.15, 0.2) is 11.9 Å². The number of carbonyl (C=O) groups excluding carboxylic acids is 2. The Morgan fingerprint density at radius 2 is 1.57 bits per heavy atom. The van der Waals surface area contributed by atoms with Gasteiger partial charge in [-0.3, -0.25) is 9.78 Å². The van der Waals surface area contributed by atoms with Crippen LogP contribution in [0, 0.1) is 11.8 Å². The summed E-state index contributed by atoms with van der Waals surface area (Å²) in [7, 11) is 3.48. The number of nitrogens with zero attached hydrogens (tertiary/aromatic N) is 5. The molecule has 6 rings (SSSR count). The minimum absolute atomic E-state index is 0.129. The highest BCUT2D eigenvalue weighted by molar-refractivity contribution is 6.33. The highest BCUT2D eigenvalue weighted by Gasteiger charge is 2.38. The summed E-state index contributed by atoms with van der Waals surface area (Å²) in [6.07, 6.45) is -2.31. The molecule has 3 aromatic rings. The molecular formula is C36H45ClF3N7O4. The quantitative estimate of drug-likeness (QED) is 0.296. The van der Waals surface area contributed by atoms with E-state index in [1.54, 1.807) is 4.90 Å². The lowest BCUT2D eigenvalue weighted by Crippen LogP contribution is -2.49. The fourth-order valence-corrected chi connectivity index (χ4v) is 8.08. The number of anilines is 1. The van der Waals surface area contributed by atoms with Crippen molar-refractivity contribution in [1.29, 1.82) is 0 Å². The van der Waals surface area contributed by atoms with Crippen LogP contribution in [-0.4, -0.2) is 101 Å². The number of amides is 2. The standard InChI is InChI=1S/C36H45ClF3N7O4/c1-41-31-28(36(38,39)40)20-23(21-29(31)37)22-30(33(48)45-16-10-25(11-17-45)24-8-14-44(2)15-9-24)51-35(50)46-18-12-27(13-19-46)47-34(49)42-32(43-47)26-6-4-3-5-7-26/h3-7,20-21,24-25,27,30,41H,8-19,22H2,1-2H3,(H,42,43,49)/t30-/m1/s1. The Bertz CT molecular complexity index is 1730. The molecule has 2 N–H and O–H groups in total. The molecule has 0 aliphatic carbocycles. The summed E-state index contributed by atoms with van der Waals surface area (Å²) in [5.41, 5.74) is -0.667. The minimum atomic E-state index is -4.70. The van der Waals surface area contributed by atoms with E-state index in [4.69, 9.17) is 16.3 Å². The number of carbonyl (C=O) groups is 2. The molecule has 3 saturated heterocycles. The topological polar surface area (TPSA) is 116 Å². The van der Waals surface area contributed by atoms with Crippen molar-refractivity contribution in [3.05, 3.63) is 69.1 Å². The van der Waals surface area contributed by atoms with E-state index in [0.29, 0.717) is 43.6 Å². The smallest absolute Gasteiger partial charge is 0.418 e. The Morgan fingerprint density at radius 1 is 0.961 bits per heavy atom. The van der Waals surface area contributed by atoms with Crippen molar-refractivity contribution >= 4 is 29.3 Å². The first-order valence-electron chi connectivity index (χ1n) is 17.7. The van der Waals surface area contributed by atoms with Gasteiger partial charge in [0, 0.05) is 45.2 Å². The maximum Gasteiger partial charge on any atom is 0.418 e. The number of halogens is 4. The molecule has 15 heteroatoms. The van der Waals surface area contributed by atoms with Crippen LogP contribution in [-0.2, 0) is 22.1 Å². The molecule has 0 unspecified atom stereocenters. The number of benzene rings is 2. The lowest BCUT2D eigenvalue weighted by atomic mass is 9.79. The van der Waals surface area contributed by atoms with Crippen LogP contribution >= 0.6 is 11.6 Å². The SMILES string of the molecule is CNc1c(Cl)cc(C[C@@H](OC(=O)N2CCC(n3nc(-c4ccccc4)[nH]c3=O)CC2)C(=O)N2CCC(C3CCN(C)CC3)CC2)cc1C(F)(F)F. The van der Waals surface area contributed by atoms with Crippen LogP contribution in [0.15, 0.2) is 47.3 Å². The van der Waals surface area contributed by atoms with E-state index in [1.165, 1.54) is 22.7 Å². The molecule has 0 bridgehead atoms. The molecule has 0 radical (unpaired) electrons. The van der Waals surface area contributed by atoms with E-state index in [-0.39, 0.29) is 47.5 Å². The van der Waals surface area contributed by atoms with Crippen LogP contribution < -0.4 is 11.0 Å². The number of likely N-dealkylation sites (tertiary alicyclic amines) is 3. The number of hydrogen-bond acceptors (Lipinski definition) is 7.